The maximum absolute atomic E-state index is 4.85. The van der Waals surface area contributed by atoms with Crippen molar-refractivity contribution >= 4 is 0 Å². The maximum atomic E-state index is 4.85. The summed E-state index contributed by atoms with van der Waals surface area (Å²) in [5, 5.41) is 19.3. The minimum absolute atomic E-state index is 0.593. The van der Waals surface area contributed by atoms with E-state index in [2.05, 4.69) is 64.5 Å². The van der Waals surface area contributed by atoms with E-state index in [-0.39, 0.29) is 0 Å². The highest BCUT2D eigenvalue weighted by Gasteiger charge is 2.13. The van der Waals surface area contributed by atoms with Crippen molar-refractivity contribution < 1.29 is 0 Å². The van der Waals surface area contributed by atoms with E-state index < -0.39 is 0 Å². The summed E-state index contributed by atoms with van der Waals surface area (Å²) >= 11 is 0. The molecule has 32 heavy (non-hydrogen) atoms. The van der Waals surface area contributed by atoms with Crippen LogP contribution in [0.25, 0.3) is 22.5 Å². The molecule has 7 nitrogen and oxygen atoms in total. The summed E-state index contributed by atoms with van der Waals surface area (Å²) in [5.41, 5.74) is 4.35. The van der Waals surface area contributed by atoms with Crippen molar-refractivity contribution in [2.24, 2.45) is 0 Å². The van der Waals surface area contributed by atoms with Gasteiger partial charge in [-0.3, -0.25) is 0 Å². The van der Waals surface area contributed by atoms with Crippen molar-refractivity contribution in [3.05, 3.63) is 78.4 Å². The summed E-state index contributed by atoms with van der Waals surface area (Å²) in [6.45, 7) is 6.87. The summed E-state index contributed by atoms with van der Waals surface area (Å²) in [6, 6.07) is 16.7. The van der Waals surface area contributed by atoms with Crippen LogP contribution in [0.1, 0.15) is 49.8 Å². The molecular formula is C25H29N7. The monoisotopic (exact) mass is 427 g/mol. The van der Waals surface area contributed by atoms with E-state index in [4.69, 9.17) is 10.1 Å². The van der Waals surface area contributed by atoms with Gasteiger partial charge < -0.3 is 0 Å². The van der Waals surface area contributed by atoms with Crippen LogP contribution < -0.4 is 0 Å². The highest BCUT2D eigenvalue weighted by molar-refractivity contribution is 5.80. The van der Waals surface area contributed by atoms with Crippen LogP contribution in [0.2, 0.25) is 0 Å². The van der Waals surface area contributed by atoms with Gasteiger partial charge in [-0.25, -0.2) is 9.67 Å². The maximum Gasteiger partial charge on any atom is 0.205 e. The van der Waals surface area contributed by atoms with Crippen molar-refractivity contribution in [3.8, 4) is 22.5 Å². The van der Waals surface area contributed by atoms with E-state index in [0.29, 0.717) is 5.82 Å². The first-order chi connectivity index (χ1) is 15.8. The first kappa shape index (κ1) is 21.6. The Hall–Kier alpha value is -3.61. The van der Waals surface area contributed by atoms with E-state index in [1.165, 1.54) is 18.4 Å². The Balaban J connectivity index is 1.54. The van der Waals surface area contributed by atoms with Crippen LogP contribution in [0.15, 0.2) is 61.2 Å². The molecule has 2 aromatic carbocycles. The molecule has 0 aliphatic heterocycles. The SMILES string of the molecule is C=CCCn1nc(CCCCC)nc1Cc1ccc(-c2ccccc2-c2nn[nH]n2)cc1. The summed E-state index contributed by atoms with van der Waals surface area (Å²) in [5.74, 6) is 2.55. The van der Waals surface area contributed by atoms with Gasteiger partial charge in [0.1, 0.15) is 5.82 Å². The van der Waals surface area contributed by atoms with E-state index in [1.54, 1.807) is 0 Å². The van der Waals surface area contributed by atoms with E-state index in [9.17, 15) is 0 Å². The third kappa shape index (κ3) is 5.17. The molecule has 2 heterocycles. The van der Waals surface area contributed by atoms with Crippen LogP contribution in [0.5, 0.6) is 0 Å². The number of nitrogens with zero attached hydrogens (tertiary/aromatic N) is 6. The van der Waals surface area contributed by atoms with Crippen LogP contribution in [0.4, 0.5) is 0 Å². The molecule has 0 atom stereocenters. The number of aryl methyl sites for hydroxylation is 2. The summed E-state index contributed by atoms with van der Waals surface area (Å²) in [7, 11) is 0. The molecule has 0 radical (unpaired) electrons. The number of hydrogen-bond acceptors (Lipinski definition) is 5. The number of aromatic nitrogens is 7. The first-order valence-electron chi connectivity index (χ1n) is 11.2. The molecule has 0 saturated heterocycles. The highest BCUT2D eigenvalue weighted by Crippen LogP contribution is 2.30. The molecule has 0 saturated carbocycles. The Morgan fingerprint density at radius 1 is 1.03 bits per heavy atom. The van der Waals surface area contributed by atoms with E-state index in [0.717, 1.165) is 60.6 Å². The first-order valence-corrected chi connectivity index (χ1v) is 11.2. The zero-order valence-corrected chi connectivity index (χ0v) is 18.5. The third-order valence-corrected chi connectivity index (χ3v) is 5.48. The van der Waals surface area contributed by atoms with Gasteiger partial charge in [0.05, 0.1) is 0 Å². The lowest BCUT2D eigenvalue weighted by Gasteiger charge is -2.08. The third-order valence-electron chi connectivity index (χ3n) is 5.48. The Bertz CT molecular complexity index is 1130. The number of allylic oxidation sites excluding steroid dienone is 1. The second-order valence-electron chi connectivity index (χ2n) is 7.86. The zero-order valence-electron chi connectivity index (χ0n) is 18.5. The highest BCUT2D eigenvalue weighted by atomic mass is 15.5. The predicted molar refractivity (Wildman–Crippen MR) is 126 cm³/mol. The standard InChI is InChI=1S/C25H29N7/c1-3-5-7-12-23-26-24(32(29-23)17-6-4-2)18-19-13-15-20(16-14-19)21-10-8-9-11-22(21)25-27-30-31-28-25/h4,8-11,13-16H,2-3,5-7,12,17-18H2,1H3,(H,27,28,30,31). The molecule has 0 bridgehead atoms. The number of aromatic amines is 1. The Kier molecular flexibility index (Phi) is 7.17. The molecule has 0 spiro atoms. The van der Waals surface area contributed by atoms with Crippen LogP contribution in [-0.2, 0) is 19.4 Å². The van der Waals surface area contributed by atoms with Gasteiger partial charge in [-0.15, -0.1) is 16.8 Å². The van der Waals surface area contributed by atoms with Crippen LogP contribution in [0.3, 0.4) is 0 Å². The van der Waals surface area contributed by atoms with E-state index in [1.807, 2.05) is 29.0 Å². The number of H-pyrrole nitrogens is 1. The largest absolute Gasteiger partial charge is 0.249 e. The molecule has 0 unspecified atom stereocenters. The number of tetrazole rings is 1. The molecule has 0 aliphatic rings. The van der Waals surface area contributed by atoms with Gasteiger partial charge in [0.2, 0.25) is 5.82 Å². The normalized spacial score (nSPS) is 11.0. The van der Waals surface area contributed by atoms with Gasteiger partial charge in [0, 0.05) is 24.9 Å². The lowest BCUT2D eigenvalue weighted by molar-refractivity contribution is 0.584. The number of nitrogens with one attached hydrogen (secondary N) is 1. The molecule has 2 aromatic heterocycles. The molecule has 4 aromatic rings. The van der Waals surface area contributed by atoms with Crippen molar-refractivity contribution in [1.29, 1.82) is 0 Å². The molecule has 4 rings (SSSR count). The van der Waals surface area contributed by atoms with Gasteiger partial charge >= 0.3 is 0 Å². The molecule has 0 fully saturated rings. The molecular weight excluding hydrogens is 398 g/mol. The molecule has 7 heteroatoms. The number of hydrogen-bond donors (Lipinski definition) is 1. The fraction of sp³-hybridized carbons (Fsp3) is 0.320. The lowest BCUT2D eigenvalue weighted by atomic mass is 9.98. The summed E-state index contributed by atoms with van der Waals surface area (Å²) in [4.78, 5) is 4.85. The number of benzene rings is 2. The summed E-state index contributed by atoms with van der Waals surface area (Å²) in [6.07, 6.45) is 8.05. The number of unbranched alkanes of at least 4 members (excludes halogenated alkanes) is 2. The van der Waals surface area contributed by atoms with Gasteiger partial charge in [0.25, 0.3) is 0 Å². The second kappa shape index (κ2) is 10.6. The average Bonchev–Trinajstić information content (AvgIpc) is 3.49. The van der Waals surface area contributed by atoms with Crippen molar-refractivity contribution in [2.45, 2.75) is 52.0 Å². The molecule has 164 valence electrons. The Labute approximate surface area is 188 Å². The van der Waals surface area contributed by atoms with Gasteiger partial charge in [-0.1, -0.05) is 74.4 Å². The lowest BCUT2D eigenvalue weighted by Crippen LogP contribution is -2.06. The van der Waals surface area contributed by atoms with Crippen molar-refractivity contribution in [1.82, 2.24) is 35.4 Å². The molecule has 0 amide bonds. The van der Waals surface area contributed by atoms with Gasteiger partial charge in [-0.05, 0) is 34.7 Å². The van der Waals surface area contributed by atoms with Crippen LogP contribution >= 0.6 is 0 Å². The minimum Gasteiger partial charge on any atom is -0.249 e. The quantitative estimate of drug-likeness (QED) is 0.268. The Morgan fingerprint density at radius 3 is 2.56 bits per heavy atom. The predicted octanol–water partition coefficient (Wildman–Crippen LogP) is 5.02. The summed E-state index contributed by atoms with van der Waals surface area (Å²) < 4.78 is 2.04. The van der Waals surface area contributed by atoms with Crippen molar-refractivity contribution in [3.63, 3.8) is 0 Å². The number of rotatable bonds is 11. The minimum atomic E-state index is 0.593. The fourth-order valence-electron chi connectivity index (χ4n) is 3.78. The zero-order chi connectivity index (χ0) is 22.2. The van der Waals surface area contributed by atoms with Gasteiger partial charge in [-0.2, -0.15) is 10.3 Å². The molecule has 0 aliphatic carbocycles. The van der Waals surface area contributed by atoms with Crippen LogP contribution in [-0.4, -0.2) is 35.4 Å². The Morgan fingerprint density at radius 2 is 1.84 bits per heavy atom. The van der Waals surface area contributed by atoms with Crippen molar-refractivity contribution in [2.75, 3.05) is 0 Å². The van der Waals surface area contributed by atoms with Gasteiger partial charge in [0.15, 0.2) is 5.82 Å². The topological polar surface area (TPSA) is 85.2 Å². The second-order valence-corrected chi connectivity index (χ2v) is 7.86. The van der Waals surface area contributed by atoms with E-state index >= 15 is 0 Å². The molecule has 1 N–H and O–H groups in total. The average molecular weight is 428 g/mol. The van der Waals surface area contributed by atoms with Crippen LogP contribution in [0, 0.1) is 0 Å². The smallest absolute Gasteiger partial charge is 0.205 e. The fourth-order valence-corrected chi connectivity index (χ4v) is 3.78.